The minimum atomic E-state index is -3.37. The van der Waals surface area contributed by atoms with E-state index in [0.717, 1.165) is 23.3 Å². The van der Waals surface area contributed by atoms with Gasteiger partial charge >= 0.3 is 0 Å². The number of rotatable bonds is 9. The monoisotopic (exact) mass is 444 g/mol. The second kappa shape index (κ2) is 10.8. The van der Waals surface area contributed by atoms with E-state index in [1.165, 1.54) is 4.31 Å². The third kappa shape index (κ3) is 6.55. The zero-order valence-corrected chi connectivity index (χ0v) is 19.1. The van der Waals surface area contributed by atoms with Gasteiger partial charge in [-0.3, -0.25) is 4.79 Å². The fourth-order valence-electron chi connectivity index (χ4n) is 3.95. The third-order valence-corrected chi connectivity index (χ3v) is 7.76. The Bertz CT molecular complexity index is 945. The zero-order valence-electron chi connectivity index (χ0n) is 18.3. The first kappa shape index (κ1) is 23.3. The average molecular weight is 445 g/mol. The molecule has 2 aromatic carbocycles. The first-order chi connectivity index (χ1) is 14.9. The minimum absolute atomic E-state index is 0.0903. The molecular formula is C24H32N2O4S. The van der Waals surface area contributed by atoms with Gasteiger partial charge in [-0.15, -0.1) is 0 Å². The van der Waals surface area contributed by atoms with E-state index < -0.39 is 10.0 Å². The number of hydrogen-bond acceptors (Lipinski definition) is 4. The molecule has 1 aliphatic rings. The van der Waals surface area contributed by atoms with Gasteiger partial charge in [0.25, 0.3) is 0 Å². The second-order valence-electron chi connectivity index (χ2n) is 8.11. The van der Waals surface area contributed by atoms with Crippen LogP contribution in [0.15, 0.2) is 54.6 Å². The number of nitrogens with zero attached hydrogens (tertiary/aromatic N) is 1. The third-order valence-electron chi connectivity index (χ3n) is 5.83. The summed E-state index contributed by atoms with van der Waals surface area (Å²) in [4.78, 5) is 12.8. The normalized spacial score (nSPS) is 18.3. The molecule has 0 saturated carbocycles. The van der Waals surface area contributed by atoms with Crippen molar-refractivity contribution in [3.05, 3.63) is 65.7 Å². The summed E-state index contributed by atoms with van der Waals surface area (Å²) in [5.41, 5.74) is 2.12. The molecule has 6 nitrogen and oxygen atoms in total. The fraction of sp³-hybridized carbons (Fsp3) is 0.458. The molecule has 0 unspecified atom stereocenters. The molecule has 2 atom stereocenters. The highest BCUT2D eigenvalue weighted by atomic mass is 32.2. The highest BCUT2D eigenvalue weighted by Crippen LogP contribution is 2.23. The lowest BCUT2D eigenvalue weighted by atomic mass is 9.98. The Hall–Kier alpha value is -2.38. The van der Waals surface area contributed by atoms with Crippen LogP contribution in [-0.2, 0) is 21.2 Å². The molecule has 3 rings (SSSR count). The van der Waals surface area contributed by atoms with Crippen LogP contribution < -0.4 is 10.1 Å². The van der Waals surface area contributed by atoms with Crippen LogP contribution in [0.3, 0.4) is 0 Å². The van der Waals surface area contributed by atoms with Crippen molar-refractivity contribution in [1.29, 1.82) is 0 Å². The second-order valence-corrected chi connectivity index (χ2v) is 10.2. The number of benzene rings is 2. The molecule has 168 valence electrons. The number of carbonyl (C=O) groups excluding carboxylic acids is 1. The van der Waals surface area contributed by atoms with E-state index in [2.05, 4.69) is 5.32 Å². The van der Waals surface area contributed by atoms with Crippen molar-refractivity contribution in [2.75, 3.05) is 26.0 Å². The first-order valence-electron chi connectivity index (χ1n) is 10.8. The summed E-state index contributed by atoms with van der Waals surface area (Å²) in [5.74, 6) is 0.465. The molecule has 0 bridgehead atoms. The fourth-order valence-corrected chi connectivity index (χ4v) is 5.53. The van der Waals surface area contributed by atoms with Crippen LogP contribution in [0.1, 0.15) is 43.4 Å². The van der Waals surface area contributed by atoms with E-state index >= 15 is 0 Å². The van der Waals surface area contributed by atoms with E-state index in [4.69, 9.17) is 4.74 Å². The summed E-state index contributed by atoms with van der Waals surface area (Å²) < 4.78 is 32.3. The summed E-state index contributed by atoms with van der Waals surface area (Å²) in [6.45, 7) is 2.68. The topological polar surface area (TPSA) is 75.7 Å². The standard InChI is InChI=1S/C24H32N2O4S/c1-19(21-12-14-23(30-2)15-13-21)25-24(27)22-11-6-16-26(18-22)31(28,29)17-7-10-20-8-4-3-5-9-20/h3-5,8-9,12-15,19,22H,6-7,10-11,16-18H2,1-2H3,(H,25,27)/t19-,22-/m0/s1. The van der Waals surface area contributed by atoms with Crippen molar-refractivity contribution in [2.45, 2.75) is 38.6 Å². The van der Waals surface area contributed by atoms with Crippen molar-refractivity contribution >= 4 is 15.9 Å². The van der Waals surface area contributed by atoms with E-state index in [1.807, 2.05) is 61.5 Å². The molecule has 0 aliphatic carbocycles. The maximum atomic E-state index is 12.8. The van der Waals surface area contributed by atoms with Crippen LogP contribution >= 0.6 is 0 Å². The molecule has 0 radical (unpaired) electrons. The molecule has 1 fully saturated rings. The lowest BCUT2D eigenvalue weighted by Gasteiger charge is -2.32. The van der Waals surface area contributed by atoms with Crippen LogP contribution in [0.2, 0.25) is 0 Å². The lowest BCUT2D eigenvalue weighted by Crippen LogP contribution is -2.46. The maximum Gasteiger partial charge on any atom is 0.224 e. The number of nitrogens with one attached hydrogen (secondary N) is 1. The Kier molecular flexibility index (Phi) is 8.09. The molecule has 0 spiro atoms. The largest absolute Gasteiger partial charge is 0.497 e. The molecule has 1 heterocycles. The SMILES string of the molecule is COc1ccc([C@H](C)NC(=O)[C@H]2CCCN(S(=O)(=O)CCCc3ccccc3)C2)cc1. The van der Waals surface area contributed by atoms with Gasteiger partial charge in [-0.05, 0) is 55.9 Å². The van der Waals surface area contributed by atoms with Crippen LogP contribution in [0.4, 0.5) is 0 Å². The Labute approximate surface area is 185 Å². The Balaban J connectivity index is 1.52. The van der Waals surface area contributed by atoms with Crippen molar-refractivity contribution in [1.82, 2.24) is 9.62 Å². The smallest absolute Gasteiger partial charge is 0.224 e. The molecule has 1 N–H and O–H groups in total. The number of amides is 1. The summed E-state index contributed by atoms with van der Waals surface area (Å²) in [6.07, 6.45) is 2.72. The van der Waals surface area contributed by atoms with Crippen molar-refractivity contribution in [2.24, 2.45) is 5.92 Å². The molecular weight excluding hydrogens is 412 g/mol. The molecule has 1 amide bonds. The van der Waals surface area contributed by atoms with Crippen LogP contribution in [0, 0.1) is 5.92 Å². The summed E-state index contributed by atoms with van der Waals surface area (Å²) in [5, 5.41) is 3.04. The van der Waals surface area contributed by atoms with Gasteiger partial charge < -0.3 is 10.1 Å². The number of hydrogen-bond donors (Lipinski definition) is 1. The van der Waals surface area contributed by atoms with Gasteiger partial charge in [0.2, 0.25) is 15.9 Å². The number of carbonyl (C=O) groups is 1. The van der Waals surface area contributed by atoms with E-state index in [1.54, 1.807) is 7.11 Å². The Morgan fingerprint density at radius 1 is 1.16 bits per heavy atom. The molecule has 31 heavy (non-hydrogen) atoms. The van der Waals surface area contributed by atoms with Crippen LogP contribution in [0.25, 0.3) is 0 Å². The number of sulfonamides is 1. The van der Waals surface area contributed by atoms with Gasteiger partial charge in [0.05, 0.1) is 24.8 Å². The van der Waals surface area contributed by atoms with E-state index in [-0.39, 0.29) is 30.2 Å². The van der Waals surface area contributed by atoms with E-state index in [0.29, 0.717) is 25.8 Å². The highest BCUT2D eigenvalue weighted by molar-refractivity contribution is 7.89. The molecule has 1 saturated heterocycles. The number of ether oxygens (including phenoxy) is 1. The van der Waals surface area contributed by atoms with Crippen molar-refractivity contribution in [3.8, 4) is 5.75 Å². The van der Waals surface area contributed by atoms with Crippen molar-refractivity contribution in [3.63, 3.8) is 0 Å². The first-order valence-corrected chi connectivity index (χ1v) is 12.5. The Morgan fingerprint density at radius 2 is 1.87 bits per heavy atom. The predicted octanol–water partition coefficient (Wildman–Crippen LogP) is 3.55. The minimum Gasteiger partial charge on any atom is -0.497 e. The summed E-state index contributed by atoms with van der Waals surface area (Å²) in [6, 6.07) is 17.3. The van der Waals surface area contributed by atoms with Crippen molar-refractivity contribution < 1.29 is 17.9 Å². The highest BCUT2D eigenvalue weighted by Gasteiger charge is 2.32. The number of aryl methyl sites for hydroxylation is 1. The zero-order chi connectivity index (χ0) is 22.3. The van der Waals surface area contributed by atoms with Gasteiger partial charge in [-0.1, -0.05) is 42.5 Å². The van der Waals surface area contributed by atoms with Gasteiger partial charge in [0.15, 0.2) is 0 Å². The van der Waals surface area contributed by atoms with Gasteiger partial charge in [-0.2, -0.15) is 0 Å². The number of piperidine rings is 1. The molecule has 7 heteroatoms. The van der Waals surface area contributed by atoms with E-state index in [9.17, 15) is 13.2 Å². The summed E-state index contributed by atoms with van der Waals surface area (Å²) in [7, 11) is -1.75. The number of methoxy groups -OCH3 is 1. The molecule has 2 aromatic rings. The average Bonchev–Trinajstić information content (AvgIpc) is 2.79. The maximum absolute atomic E-state index is 12.8. The predicted molar refractivity (Wildman–Crippen MR) is 122 cm³/mol. The van der Waals surface area contributed by atoms with Gasteiger partial charge in [0.1, 0.15) is 5.75 Å². The van der Waals surface area contributed by atoms with Gasteiger partial charge in [-0.25, -0.2) is 12.7 Å². The summed E-state index contributed by atoms with van der Waals surface area (Å²) >= 11 is 0. The lowest BCUT2D eigenvalue weighted by molar-refractivity contribution is -0.126. The van der Waals surface area contributed by atoms with Crippen LogP contribution in [-0.4, -0.2) is 44.6 Å². The molecule has 0 aromatic heterocycles. The van der Waals surface area contributed by atoms with Gasteiger partial charge in [0, 0.05) is 13.1 Å². The van der Waals surface area contributed by atoms with Crippen LogP contribution in [0.5, 0.6) is 5.75 Å². The quantitative estimate of drug-likeness (QED) is 0.642. The Morgan fingerprint density at radius 3 is 2.55 bits per heavy atom. The molecule has 1 aliphatic heterocycles.